The fourth-order valence-corrected chi connectivity index (χ4v) is 1.60. The van der Waals surface area contributed by atoms with Crippen molar-refractivity contribution in [2.24, 2.45) is 10.2 Å². The van der Waals surface area contributed by atoms with Gasteiger partial charge in [0.2, 0.25) is 0 Å². The third-order valence-electron chi connectivity index (χ3n) is 2.40. The molecule has 0 N–H and O–H groups in total. The Bertz CT molecular complexity index is 481. The second-order valence-electron chi connectivity index (χ2n) is 3.58. The normalized spacial score (nSPS) is 15.3. The van der Waals surface area contributed by atoms with E-state index in [4.69, 9.17) is 11.6 Å². The van der Waals surface area contributed by atoms with Crippen molar-refractivity contribution in [3.8, 4) is 0 Å². The molecule has 2 nitrogen and oxygen atoms in total. The van der Waals surface area contributed by atoms with Crippen molar-refractivity contribution in [1.29, 1.82) is 0 Å². The molecule has 0 bridgehead atoms. The maximum absolute atomic E-state index is 12.3. The fourth-order valence-electron chi connectivity index (χ4n) is 1.42. The Labute approximate surface area is 96.6 Å². The molecule has 0 atom stereocenters. The average Bonchev–Trinajstić information content (AvgIpc) is 2.71. The number of nitrogens with zero attached hydrogens (tertiary/aromatic N) is 2. The van der Waals surface area contributed by atoms with Crippen LogP contribution in [0, 0.1) is 6.92 Å². The predicted octanol–water partition coefficient (Wildman–Crippen LogP) is 3.46. The first kappa shape index (κ1) is 11.2. The van der Waals surface area contributed by atoms with E-state index in [1.165, 1.54) is 0 Å². The molecule has 2 rings (SSSR count). The molecule has 1 aliphatic rings. The number of alkyl halides is 2. The molecule has 0 fully saturated rings. The van der Waals surface area contributed by atoms with Gasteiger partial charge in [0.05, 0.1) is 5.71 Å². The van der Waals surface area contributed by atoms with Crippen LogP contribution in [-0.2, 0) is 0 Å². The van der Waals surface area contributed by atoms with Crippen LogP contribution >= 0.6 is 11.6 Å². The summed E-state index contributed by atoms with van der Waals surface area (Å²) in [6, 6.07) is 5.37. The lowest BCUT2D eigenvalue weighted by molar-refractivity contribution is 0.224. The number of benzene rings is 1. The second kappa shape index (κ2) is 4.29. The lowest BCUT2D eigenvalue weighted by Crippen LogP contribution is -2.11. The van der Waals surface area contributed by atoms with E-state index in [-0.39, 0.29) is 12.1 Å². The zero-order chi connectivity index (χ0) is 11.7. The van der Waals surface area contributed by atoms with E-state index in [0.29, 0.717) is 10.7 Å². The van der Waals surface area contributed by atoms with Crippen molar-refractivity contribution in [2.75, 3.05) is 0 Å². The summed E-state index contributed by atoms with van der Waals surface area (Å²) >= 11 is 5.95. The van der Waals surface area contributed by atoms with E-state index in [2.05, 4.69) is 10.2 Å². The fraction of sp³-hybridized carbons (Fsp3) is 0.273. The minimum atomic E-state index is -2.54. The van der Waals surface area contributed by atoms with Crippen LogP contribution in [0.2, 0.25) is 5.02 Å². The van der Waals surface area contributed by atoms with E-state index in [9.17, 15) is 8.78 Å². The van der Waals surface area contributed by atoms with Crippen LogP contribution in [0.3, 0.4) is 0 Å². The number of hydrogen-bond donors (Lipinski definition) is 0. The maximum Gasteiger partial charge on any atom is 0.278 e. The van der Waals surface area contributed by atoms with E-state index in [1.807, 2.05) is 19.1 Å². The molecule has 16 heavy (non-hydrogen) atoms. The van der Waals surface area contributed by atoms with Gasteiger partial charge < -0.3 is 0 Å². The van der Waals surface area contributed by atoms with Gasteiger partial charge in [0.25, 0.3) is 6.43 Å². The van der Waals surface area contributed by atoms with Gasteiger partial charge in [0.1, 0.15) is 5.71 Å². The molecule has 0 saturated heterocycles. The Hall–Kier alpha value is -1.29. The van der Waals surface area contributed by atoms with E-state index < -0.39 is 6.43 Å². The van der Waals surface area contributed by atoms with Gasteiger partial charge >= 0.3 is 0 Å². The van der Waals surface area contributed by atoms with Crippen LogP contribution < -0.4 is 0 Å². The molecule has 5 heteroatoms. The Morgan fingerprint density at radius 1 is 1.31 bits per heavy atom. The topological polar surface area (TPSA) is 24.7 Å². The zero-order valence-corrected chi connectivity index (χ0v) is 9.30. The van der Waals surface area contributed by atoms with Gasteiger partial charge in [-0.15, -0.1) is 0 Å². The molecule has 0 saturated carbocycles. The Morgan fingerprint density at radius 2 is 2.06 bits per heavy atom. The zero-order valence-electron chi connectivity index (χ0n) is 8.54. The monoisotopic (exact) mass is 242 g/mol. The number of aryl methyl sites for hydroxylation is 1. The molecule has 0 spiro atoms. The quantitative estimate of drug-likeness (QED) is 0.759. The van der Waals surface area contributed by atoms with Gasteiger partial charge in [-0.2, -0.15) is 10.2 Å². The minimum Gasteiger partial charge on any atom is -0.204 e. The highest BCUT2D eigenvalue weighted by molar-refractivity contribution is 6.32. The molecule has 84 valence electrons. The largest absolute Gasteiger partial charge is 0.278 e. The van der Waals surface area contributed by atoms with Crippen molar-refractivity contribution < 1.29 is 8.78 Å². The summed E-state index contributed by atoms with van der Waals surface area (Å²) < 4.78 is 24.7. The van der Waals surface area contributed by atoms with Crippen LogP contribution in [0.25, 0.3) is 0 Å². The Kier molecular flexibility index (Phi) is 3.01. The Morgan fingerprint density at radius 3 is 2.62 bits per heavy atom. The van der Waals surface area contributed by atoms with Crippen molar-refractivity contribution >= 4 is 23.0 Å². The predicted molar refractivity (Wildman–Crippen MR) is 60.8 cm³/mol. The van der Waals surface area contributed by atoms with Crippen LogP contribution in [0.5, 0.6) is 0 Å². The molecule has 0 unspecified atom stereocenters. The summed E-state index contributed by atoms with van der Waals surface area (Å²) in [4.78, 5) is 0. The molecule has 0 radical (unpaired) electrons. The highest BCUT2D eigenvalue weighted by Gasteiger charge is 2.21. The van der Waals surface area contributed by atoms with Crippen molar-refractivity contribution in [1.82, 2.24) is 0 Å². The van der Waals surface area contributed by atoms with Gasteiger partial charge in [-0.1, -0.05) is 23.7 Å². The third-order valence-corrected chi connectivity index (χ3v) is 2.81. The minimum absolute atomic E-state index is 0.0943. The van der Waals surface area contributed by atoms with Gasteiger partial charge in [-0.25, -0.2) is 8.78 Å². The van der Waals surface area contributed by atoms with Crippen LogP contribution in [-0.4, -0.2) is 17.8 Å². The first-order valence-corrected chi connectivity index (χ1v) is 5.13. The van der Waals surface area contributed by atoms with Gasteiger partial charge in [0, 0.05) is 11.4 Å². The molecule has 1 aromatic rings. The van der Waals surface area contributed by atoms with Gasteiger partial charge in [0.15, 0.2) is 0 Å². The summed E-state index contributed by atoms with van der Waals surface area (Å²) in [6.07, 6.45) is -2.45. The van der Waals surface area contributed by atoms with Crippen LogP contribution in [0.15, 0.2) is 28.4 Å². The summed E-state index contributed by atoms with van der Waals surface area (Å²) in [5.74, 6) is 0. The highest BCUT2D eigenvalue weighted by Crippen LogP contribution is 2.21. The SMILES string of the molecule is Cc1ccc(C2=NN=C(C(F)F)C2)cc1Cl. The number of hydrogen-bond acceptors (Lipinski definition) is 2. The highest BCUT2D eigenvalue weighted by atomic mass is 35.5. The summed E-state index contributed by atoms with van der Waals surface area (Å²) in [5.41, 5.74) is 2.04. The van der Waals surface area contributed by atoms with Crippen molar-refractivity contribution in [2.45, 2.75) is 19.8 Å². The molecule has 0 amide bonds. The van der Waals surface area contributed by atoms with Crippen molar-refractivity contribution in [3.63, 3.8) is 0 Å². The molecule has 0 aromatic heterocycles. The van der Waals surface area contributed by atoms with E-state index in [1.54, 1.807) is 6.07 Å². The van der Waals surface area contributed by atoms with Crippen LogP contribution in [0.1, 0.15) is 17.5 Å². The lowest BCUT2D eigenvalue weighted by atomic mass is 10.0. The summed E-state index contributed by atoms with van der Waals surface area (Å²) in [5, 5.41) is 7.80. The number of halogens is 3. The molecule has 1 aromatic carbocycles. The van der Waals surface area contributed by atoms with Crippen LogP contribution in [0.4, 0.5) is 8.78 Å². The number of rotatable bonds is 2. The third kappa shape index (κ3) is 2.11. The first-order chi connectivity index (χ1) is 7.58. The molecule has 0 aliphatic carbocycles. The molecule has 1 heterocycles. The summed E-state index contributed by atoms with van der Waals surface area (Å²) in [7, 11) is 0. The van der Waals surface area contributed by atoms with Crippen molar-refractivity contribution in [3.05, 3.63) is 34.3 Å². The van der Waals surface area contributed by atoms with E-state index in [0.717, 1.165) is 11.1 Å². The lowest BCUT2D eigenvalue weighted by Gasteiger charge is -2.03. The maximum atomic E-state index is 12.3. The van der Waals surface area contributed by atoms with Gasteiger partial charge in [-0.05, 0) is 24.1 Å². The van der Waals surface area contributed by atoms with Gasteiger partial charge in [-0.3, -0.25) is 0 Å². The smallest absolute Gasteiger partial charge is 0.204 e. The molecule has 1 aliphatic heterocycles. The average molecular weight is 243 g/mol. The summed E-state index contributed by atoms with van der Waals surface area (Å²) in [6.45, 7) is 1.88. The Balaban J connectivity index is 2.20. The second-order valence-corrected chi connectivity index (χ2v) is 3.99. The first-order valence-electron chi connectivity index (χ1n) is 4.76. The molecular weight excluding hydrogens is 234 g/mol. The molecular formula is C11H9ClF2N2. The standard InChI is InChI=1S/C11H9ClF2N2/c1-6-2-3-7(4-8(6)12)9-5-10(11(13)14)16-15-9/h2-4,11H,5H2,1H3. The van der Waals surface area contributed by atoms with E-state index >= 15 is 0 Å².